The minimum atomic E-state index is -4.42. The highest BCUT2D eigenvalue weighted by Gasteiger charge is 2.29. The van der Waals surface area contributed by atoms with E-state index in [2.05, 4.69) is 10.9 Å². The predicted molar refractivity (Wildman–Crippen MR) is 78.9 cm³/mol. The van der Waals surface area contributed by atoms with Crippen LogP contribution in [0.3, 0.4) is 0 Å². The van der Waals surface area contributed by atoms with Crippen molar-refractivity contribution >= 4 is 11.8 Å². The lowest BCUT2D eigenvalue weighted by atomic mass is 10.1. The highest BCUT2D eigenvalue weighted by molar-refractivity contribution is 5.96. The highest BCUT2D eigenvalue weighted by atomic mass is 19.4. The van der Waals surface area contributed by atoms with Gasteiger partial charge in [0.25, 0.3) is 5.91 Å². The molecular formula is C16H15F3N2O3. The quantitative estimate of drug-likeness (QED) is 0.844. The average Bonchev–Trinajstić information content (AvgIpc) is 2.83. The van der Waals surface area contributed by atoms with Gasteiger partial charge in [0.15, 0.2) is 0 Å². The molecule has 2 N–H and O–H groups in total. The van der Waals surface area contributed by atoms with E-state index in [1.807, 2.05) is 0 Å². The van der Waals surface area contributed by atoms with Crippen LogP contribution in [0.15, 0.2) is 34.7 Å². The van der Waals surface area contributed by atoms with Crippen molar-refractivity contribution in [2.45, 2.75) is 26.4 Å². The molecule has 1 aromatic heterocycles. The molecule has 24 heavy (non-hydrogen) atoms. The van der Waals surface area contributed by atoms with E-state index >= 15 is 0 Å². The maximum absolute atomic E-state index is 12.5. The number of alkyl halides is 3. The Kier molecular flexibility index (Phi) is 4.96. The summed E-state index contributed by atoms with van der Waals surface area (Å²) < 4.78 is 42.6. The van der Waals surface area contributed by atoms with E-state index in [9.17, 15) is 22.8 Å². The summed E-state index contributed by atoms with van der Waals surface area (Å²) in [4.78, 5) is 23.6. The fourth-order valence-electron chi connectivity index (χ4n) is 2.09. The molecule has 8 heteroatoms. The van der Waals surface area contributed by atoms with E-state index in [4.69, 9.17) is 4.42 Å². The molecule has 128 valence electrons. The minimum Gasteiger partial charge on any atom is -0.466 e. The molecule has 0 radical (unpaired) electrons. The van der Waals surface area contributed by atoms with Gasteiger partial charge in [-0.05, 0) is 37.6 Å². The van der Waals surface area contributed by atoms with E-state index in [0.717, 1.165) is 12.1 Å². The fraction of sp³-hybridized carbons (Fsp3) is 0.250. The van der Waals surface area contributed by atoms with Crippen molar-refractivity contribution in [1.29, 1.82) is 0 Å². The van der Waals surface area contributed by atoms with E-state index < -0.39 is 23.6 Å². The molecular weight excluding hydrogens is 325 g/mol. The number of aryl methyl sites for hydroxylation is 2. The number of rotatable bonds is 3. The molecule has 0 aliphatic heterocycles. The summed E-state index contributed by atoms with van der Waals surface area (Å²) in [5, 5.41) is 0. The van der Waals surface area contributed by atoms with E-state index in [1.165, 1.54) is 18.2 Å². The first-order valence-corrected chi connectivity index (χ1v) is 6.99. The zero-order chi connectivity index (χ0) is 17.9. The van der Waals surface area contributed by atoms with Crippen LogP contribution in [-0.4, -0.2) is 11.8 Å². The van der Waals surface area contributed by atoms with Crippen LogP contribution in [0.5, 0.6) is 0 Å². The van der Waals surface area contributed by atoms with Gasteiger partial charge in [0.2, 0.25) is 5.91 Å². The van der Waals surface area contributed by atoms with Crippen LogP contribution >= 0.6 is 0 Å². The SMILES string of the molecule is Cc1cc(C(=O)NNC(=O)Cc2ccc(C(F)(F)F)cc2)c(C)o1. The molecule has 2 amide bonds. The van der Waals surface area contributed by atoms with Crippen molar-refractivity contribution < 1.29 is 27.2 Å². The molecule has 0 atom stereocenters. The highest BCUT2D eigenvalue weighted by Crippen LogP contribution is 2.29. The zero-order valence-corrected chi connectivity index (χ0v) is 13.0. The molecule has 1 heterocycles. The number of hydrazine groups is 1. The lowest BCUT2D eigenvalue weighted by molar-refractivity contribution is -0.137. The van der Waals surface area contributed by atoms with Gasteiger partial charge in [-0.2, -0.15) is 13.2 Å². The van der Waals surface area contributed by atoms with Crippen molar-refractivity contribution in [3.05, 3.63) is 58.5 Å². The van der Waals surface area contributed by atoms with E-state index in [-0.39, 0.29) is 6.42 Å². The largest absolute Gasteiger partial charge is 0.466 e. The summed E-state index contributed by atoms with van der Waals surface area (Å²) in [5.74, 6) is -0.109. The van der Waals surface area contributed by atoms with Gasteiger partial charge in [-0.15, -0.1) is 0 Å². The Morgan fingerprint density at radius 1 is 1.08 bits per heavy atom. The Morgan fingerprint density at radius 2 is 1.71 bits per heavy atom. The van der Waals surface area contributed by atoms with Gasteiger partial charge >= 0.3 is 6.18 Å². The summed E-state index contributed by atoms with van der Waals surface area (Å²) >= 11 is 0. The molecule has 1 aromatic carbocycles. The number of halogens is 3. The normalized spacial score (nSPS) is 11.2. The second-order valence-electron chi connectivity index (χ2n) is 5.20. The van der Waals surface area contributed by atoms with Crippen LogP contribution in [0.4, 0.5) is 13.2 Å². The van der Waals surface area contributed by atoms with Crippen molar-refractivity contribution in [2.75, 3.05) is 0 Å². The number of carbonyl (C=O) groups is 2. The van der Waals surface area contributed by atoms with Gasteiger partial charge in [-0.25, -0.2) is 0 Å². The maximum atomic E-state index is 12.5. The first-order valence-electron chi connectivity index (χ1n) is 6.99. The molecule has 0 fully saturated rings. The average molecular weight is 340 g/mol. The van der Waals surface area contributed by atoms with Gasteiger partial charge in [0, 0.05) is 0 Å². The third-order valence-electron chi connectivity index (χ3n) is 3.25. The molecule has 0 saturated carbocycles. The van der Waals surface area contributed by atoms with Gasteiger partial charge < -0.3 is 4.42 Å². The number of nitrogens with one attached hydrogen (secondary N) is 2. The lowest BCUT2D eigenvalue weighted by Crippen LogP contribution is -2.42. The Labute approximate surface area is 135 Å². The number of carbonyl (C=O) groups excluding carboxylic acids is 2. The molecule has 0 saturated heterocycles. The van der Waals surface area contributed by atoms with Crippen LogP contribution in [-0.2, 0) is 17.4 Å². The van der Waals surface area contributed by atoms with E-state index in [0.29, 0.717) is 22.6 Å². The molecule has 0 aliphatic rings. The molecule has 0 unspecified atom stereocenters. The topological polar surface area (TPSA) is 71.3 Å². The van der Waals surface area contributed by atoms with Crippen LogP contribution in [0.2, 0.25) is 0 Å². The van der Waals surface area contributed by atoms with Crippen molar-refractivity contribution in [3.8, 4) is 0 Å². The number of furan rings is 1. The van der Waals surface area contributed by atoms with Crippen molar-refractivity contribution in [1.82, 2.24) is 10.9 Å². The summed E-state index contributed by atoms with van der Waals surface area (Å²) in [6.07, 6.45) is -4.59. The Bertz CT molecular complexity index is 749. The standard InChI is InChI=1S/C16H15F3N2O3/c1-9-7-13(10(2)24-9)15(23)21-20-14(22)8-11-3-5-12(6-4-11)16(17,18)19/h3-7H,8H2,1-2H3,(H,20,22)(H,21,23). The van der Waals surface area contributed by atoms with Crippen LogP contribution < -0.4 is 10.9 Å². The first-order chi connectivity index (χ1) is 11.2. The first kappa shape index (κ1) is 17.6. The van der Waals surface area contributed by atoms with Gasteiger partial charge in [0.05, 0.1) is 17.5 Å². The summed E-state index contributed by atoms with van der Waals surface area (Å²) in [5.41, 5.74) is 4.34. The predicted octanol–water partition coefficient (Wildman–Crippen LogP) is 2.92. The Morgan fingerprint density at radius 3 is 2.21 bits per heavy atom. The number of hydrogen-bond acceptors (Lipinski definition) is 3. The third kappa shape index (κ3) is 4.37. The monoisotopic (exact) mass is 340 g/mol. The van der Waals surface area contributed by atoms with Gasteiger partial charge in [0.1, 0.15) is 11.5 Å². The molecule has 5 nitrogen and oxygen atoms in total. The Hall–Kier alpha value is -2.77. The number of hydrogen-bond donors (Lipinski definition) is 2. The molecule has 0 aliphatic carbocycles. The lowest BCUT2D eigenvalue weighted by Gasteiger charge is -2.09. The third-order valence-corrected chi connectivity index (χ3v) is 3.25. The second-order valence-corrected chi connectivity index (χ2v) is 5.20. The molecule has 2 aromatic rings. The van der Waals surface area contributed by atoms with Gasteiger partial charge in [-0.1, -0.05) is 12.1 Å². The molecule has 0 spiro atoms. The minimum absolute atomic E-state index is 0.165. The van der Waals surface area contributed by atoms with Crippen molar-refractivity contribution in [3.63, 3.8) is 0 Å². The summed E-state index contributed by atoms with van der Waals surface area (Å²) in [7, 11) is 0. The second kappa shape index (κ2) is 6.77. The molecule has 2 rings (SSSR count). The fourth-order valence-corrected chi connectivity index (χ4v) is 2.09. The van der Waals surface area contributed by atoms with Gasteiger partial charge in [-0.3, -0.25) is 20.4 Å². The Balaban J connectivity index is 1.89. The van der Waals surface area contributed by atoms with Crippen molar-refractivity contribution in [2.24, 2.45) is 0 Å². The van der Waals surface area contributed by atoms with Crippen LogP contribution in [0.1, 0.15) is 33.0 Å². The maximum Gasteiger partial charge on any atom is 0.416 e. The molecule has 0 bridgehead atoms. The summed E-state index contributed by atoms with van der Waals surface area (Å²) in [6, 6.07) is 5.77. The zero-order valence-electron chi connectivity index (χ0n) is 13.0. The van der Waals surface area contributed by atoms with Crippen LogP contribution in [0.25, 0.3) is 0 Å². The number of benzene rings is 1. The number of amides is 2. The van der Waals surface area contributed by atoms with E-state index in [1.54, 1.807) is 13.8 Å². The van der Waals surface area contributed by atoms with Crippen LogP contribution in [0, 0.1) is 13.8 Å². The smallest absolute Gasteiger partial charge is 0.416 e. The summed E-state index contributed by atoms with van der Waals surface area (Å²) in [6.45, 7) is 3.30.